The number of nitrogens with zero attached hydrogens (tertiary/aromatic N) is 2. The number of benzene rings is 2. The number of hydrogen-bond acceptors (Lipinski definition) is 7. The lowest BCUT2D eigenvalue weighted by Gasteiger charge is -2.30. The van der Waals surface area contributed by atoms with Crippen LogP contribution in [0.4, 0.5) is 11.5 Å². The molecule has 1 amide bonds. The number of H-pyrrole nitrogens is 1. The molecule has 0 spiro atoms. The van der Waals surface area contributed by atoms with Crippen molar-refractivity contribution in [3.63, 3.8) is 0 Å². The van der Waals surface area contributed by atoms with Crippen molar-refractivity contribution in [2.24, 2.45) is 0 Å². The highest BCUT2D eigenvalue weighted by Gasteiger charge is 2.36. The van der Waals surface area contributed by atoms with E-state index in [1.54, 1.807) is 24.3 Å². The summed E-state index contributed by atoms with van der Waals surface area (Å²) in [5, 5.41) is 0. The predicted molar refractivity (Wildman–Crippen MR) is 125 cm³/mol. The fraction of sp³-hybridized carbons (Fsp3) is 0.250. The summed E-state index contributed by atoms with van der Waals surface area (Å²) in [4.78, 5) is 54.7. The molecule has 2 aromatic carbocycles. The molecule has 1 atom stereocenters. The van der Waals surface area contributed by atoms with E-state index in [4.69, 9.17) is 15.2 Å². The molecule has 1 aromatic heterocycles. The third-order valence-electron chi connectivity index (χ3n) is 5.62. The van der Waals surface area contributed by atoms with Gasteiger partial charge in [0.25, 0.3) is 11.5 Å². The highest BCUT2D eigenvalue weighted by Crippen LogP contribution is 2.25. The molecule has 0 saturated carbocycles. The van der Waals surface area contributed by atoms with Gasteiger partial charge in [-0.3, -0.25) is 24.0 Å². The van der Waals surface area contributed by atoms with Gasteiger partial charge in [0.15, 0.2) is 11.8 Å². The minimum absolute atomic E-state index is 0.0398. The molecule has 10 nitrogen and oxygen atoms in total. The monoisotopic (exact) mass is 464 g/mol. The molecule has 176 valence electrons. The summed E-state index contributed by atoms with van der Waals surface area (Å²) in [6, 6.07) is 15.9. The van der Waals surface area contributed by atoms with Gasteiger partial charge in [0.1, 0.15) is 5.82 Å². The molecular weight excluding hydrogens is 440 g/mol. The van der Waals surface area contributed by atoms with Crippen LogP contribution in [0.2, 0.25) is 0 Å². The van der Waals surface area contributed by atoms with Crippen molar-refractivity contribution in [3.8, 4) is 0 Å². The molecule has 34 heavy (non-hydrogen) atoms. The Balaban J connectivity index is 1.73. The molecule has 0 unspecified atom stereocenters. The molecule has 3 aromatic rings. The largest absolute Gasteiger partial charge is 0.448 e. The van der Waals surface area contributed by atoms with E-state index >= 15 is 0 Å². The Morgan fingerprint density at radius 3 is 2.59 bits per heavy atom. The first-order valence-corrected chi connectivity index (χ1v) is 10.7. The van der Waals surface area contributed by atoms with Gasteiger partial charge < -0.3 is 15.2 Å². The third-order valence-corrected chi connectivity index (χ3v) is 5.62. The quantitative estimate of drug-likeness (QED) is 0.496. The van der Waals surface area contributed by atoms with Gasteiger partial charge >= 0.3 is 11.7 Å². The Labute approximate surface area is 194 Å². The Hall–Kier alpha value is -4.18. The number of nitrogens with one attached hydrogen (secondary N) is 1. The number of nitrogens with two attached hydrogens (primary N) is 1. The predicted octanol–water partition coefficient (Wildman–Crippen LogP) is 0.928. The van der Waals surface area contributed by atoms with Gasteiger partial charge in [0, 0.05) is 20.1 Å². The van der Waals surface area contributed by atoms with Crippen LogP contribution in [0.3, 0.4) is 0 Å². The number of ether oxygens (including phenoxy) is 2. The van der Waals surface area contributed by atoms with E-state index in [0.29, 0.717) is 11.1 Å². The Kier molecular flexibility index (Phi) is 6.60. The zero-order chi connectivity index (χ0) is 24.2. The number of rotatable bonds is 7. The van der Waals surface area contributed by atoms with Crippen molar-refractivity contribution in [2.75, 3.05) is 30.9 Å². The van der Waals surface area contributed by atoms with Crippen molar-refractivity contribution in [3.05, 3.63) is 92.1 Å². The van der Waals surface area contributed by atoms with E-state index in [9.17, 15) is 19.2 Å². The Bertz CT molecular complexity index is 1330. The fourth-order valence-corrected chi connectivity index (χ4v) is 3.92. The molecule has 0 fully saturated rings. The Morgan fingerprint density at radius 2 is 1.85 bits per heavy atom. The second-order valence-electron chi connectivity index (χ2n) is 7.80. The minimum atomic E-state index is -1.16. The molecule has 3 N–H and O–H groups in total. The second-order valence-corrected chi connectivity index (χ2v) is 7.80. The van der Waals surface area contributed by atoms with Crippen LogP contribution in [0.15, 0.2) is 64.2 Å². The van der Waals surface area contributed by atoms with Gasteiger partial charge in [-0.25, -0.2) is 9.59 Å². The lowest BCUT2D eigenvalue weighted by Crippen LogP contribution is -2.49. The number of aromatic amines is 1. The van der Waals surface area contributed by atoms with Gasteiger partial charge in [0.2, 0.25) is 0 Å². The van der Waals surface area contributed by atoms with E-state index < -0.39 is 29.2 Å². The number of aromatic nitrogens is 2. The van der Waals surface area contributed by atoms with E-state index in [1.807, 2.05) is 30.3 Å². The topological polar surface area (TPSA) is 137 Å². The summed E-state index contributed by atoms with van der Waals surface area (Å²) in [5.74, 6) is -1.44. The van der Waals surface area contributed by atoms with Crippen molar-refractivity contribution in [2.45, 2.75) is 19.1 Å². The maximum Gasteiger partial charge on any atom is 0.339 e. The summed E-state index contributed by atoms with van der Waals surface area (Å²) in [6.07, 6.45) is -1.02. The van der Waals surface area contributed by atoms with Crippen LogP contribution in [0.25, 0.3) is 0 Å². The molecule has 2 heterocycles. The van der Waals surface area contributed by atoms with Crippen LogP contribution in [0, 0.1) is 0 Å². The first kappa shape index (κ1) is 23.0. The van der Waals surface area contributed by atoms with E-state index in [2.05, 4.69) is 4.98 Å². The summed E-state index contributed by atoms with van der Waals surface area (Å²) >= 11 is 0. The lowest BCUT2D eigenvalue weighted by molar-refractivity contribution is -0.127. The summed E-state index contributed by atoms with van der Waals surface area (Å²) in [6.45, 7) is 0.134. The van der Waals surface area contributed by atoms with Crippen LogP contribution in [-0.2, 0) is 27.2 Å². The van der Waals surface area contributed by atoms with Crippen LogP contribution in [0.1, 0.15) is 21.5 Å². The number of cyclic esters (lactones) is 1. The van der Waals surface area contributed by atoms with E-state index in [1.165, 1.54) is 11.7 Å². The van der Waals surface area contributed by atoms with Crippen molar-refractivity contribution in [1.29, 1.82) is 0 Å². The average molecular weight is 464 g/mol. The molecule has 0 aliphatic carbocycles. The van der Waals surface area contributed by atoms with E-state index in [0.717, 1.165) is 10.5 Å². The van der Waals surface area contributed by atoms with Gasteiger partial charge in [-0.05, 0) is 17.2 Å². The number of nitrogen functional groups attached to an aromatic ring is 1. The molecular formula is C24H24N4O6. The summed E-state index contributed by atoms with van der Waals surface area (Å²) in [5.41, 5.74) is 6.39. The number of carbonyl (C=O) groups excluding carboxylic acids is 2. The van der Waals surface area contributed by atoms with Crippen molar-refractivity contribution >= 4 is 23.4 Å². The van der Waals surface area contributed by atoms with Crippen LogP contribution < -0.4 is 21.9 Å². The number of hydrogen-bond donors (Lipinski definition) is 2. The normalized spacial score (nSPS) is 14.9. The summed E-state index contributed by atoms with van der Waals surface area (Å²) < 4.78 is 11.7. The second kappa shape index (κ2) is 9.75. The molecule has 1 aliphatic rings. The molecule has 0 saturated heterocycles. The van der Waals surface area contributed by atoms with Crippen LogP contribution in [-0.4, -0.2) is 47.8 Å². The highest BCUT2D eigenvalue weighted by atomic mass is 16.5. The SMILES string of the molecule is COCCN(C(=O)[C@@H]1Cc2ccccc2C(=O)O1)c1c(N)n(Cc2ccccc2)c(=O)[nH]c1=O. The number of fused-ring (bicyclic) bond motifs is 1. The molecule has 0 radical (unpaired) electrons. The first-order valence-electron chi connectivity index (χ1n) is 10.7. The van der Waals surface area contributed by atoms with Gasteiger partial charge in [-0.1, -0.05) is 48.5 Å². The van der Waals surface area contributed by atoms with Crippen molar-refractivity contribution in [1.82, 2.24) is 9.55 Å². The first-order chi connectivity index (χ1) is 16.4. The van der Waals surface area contributed by atoms with Gasteiger partial charge in [0.05, 0.1) is 18.7 Å². The lowest BCUT2D eigenvalue weighted by atomic mass is 9.98. The average Bonchev–Trinajstić information content (AvgIpc) is 2.84. The number of methoxy groups -OCH3 is 1. The number of carbonyl (C=O) groups is 2. The maximum absolute atomic E-state index is 13.5. The zero-order valence-corrected chi connectivity index (χ0v) is 18.5. The Morgan fingerprint density at radius 1 is 1.15 bits per heavy atom. The maximum atomic E-state index is 13.5. The third kappa shape index (κ3) is 4.48. The number of amides is 1. The van der Waals surface area contributed by atoms with Crippen molar-refractivity contribution < 1.29 is 19.1 Å². The van der Waals surface area contributed by atoms with Gasteiger partial charge in [-0.15, -0.1) is 0 Å². The summed E-state index contributed by atoms with van der Waals surface area (Å²) in [7, 11) is 1.45. The highest BCUT2D eigenvalue weighted by molar-refractivity contribution is 6.02. The standard InChI is InChI=1S/C24H24N4O6/c1-33-12-11-27(22(30)18-13-16-9-5-6-10-17(16)23(31)34-18)19-20(25)28(24(32)26-21(19)29)14-15-7-3-2-4-8-15/h2-10,18H,11-14,25H2,1H3,(H,26,29,32)/t18-/m0/s1. The number of anilines is 2. The zero-order valence-electron chi connectivity index (χ0n) is 18.5. The van der Waals surface area contributed by atoms with Crippen LogP contribution in [0.5, 0.6) is 0 Å². The molecule has 1 aliphatic heterocycles. The fourth-order valence-electron chi connectivity index (χ4n) is 3.92. The molecule has 0 bridgehead atoms. The smallest absolute Gasteiger partial charge is 0.339 e. The number of esters is 1. The van der Waals surface area contributed by atoms with Crippen LogP contribution >= 0.6 is 0 Å². The van der Waals surface area contributed by atoms with E-state index in [-0.39, 0.29) is 37.6 Å². The molecule has 10 heteroatoms. The van der Waals surface area contributed by atoms with Gasteiger partial charge in [-0.2, -0.15) is 0 Å². The molecule has 4 rings (SSSR count). The minimum Gasteiger partial charge on any atom is -0.448 e.